The van der Waals surface area contributed by atoms with Gasteiger partial charge in [-0.15, -0.1) is 0 Å². The zero-order chi connectivity index (χ0) is 15.6. The molecular weight excluding hydrogens is 287 g/mol. The highest BCUT2D eigenvalue weighted by Crippen LogP contribution is 2.19. The SMILES string of the molecule is Cc1cccc(C)c1C(=O)Nc1ccc(C(N)=S)cc1F. The number of carbonyl (C=O) groups excluding carboxylic acids is 1. The second kappa shape index (κ2) is 6.01. The Kier molecular flexibility index (Phi) is 4.33. The van der Waals surface area contributed by atoms with Crippen molar-refractivity contribution in [1.82, 2.24) is 0 Å². The maximum absolute atomic E-state index is 14.0. The molecule has 2 rings (SSSR count). The van der Waals surface area contributed by atoms with E-state index in [-0.39, 0.29) is 16.6 Å². The number of hydrogen-bond acceptors (Lipinski definition) is 2. The summed E-state index contributed by atoms with van der Waals surface area (Å²) in [7, 11) is 0. The van der Waals surface area contributed by atoms with E-state index in [0.717, 1.165) is 11.1 Å². The van der Waals surface area contributed by atoms with Gasteiger partial charge in [0.05, 0.1) is 5.69 Å². The number of carbonyl (C=O) groups is 1. The maximum Gasteiger partial charge on any atom is 0.256 e. The molecule has 2 aromatic rings. The molecule has 3 nitrogen and oxygen atoms in total. The van der Waals surface area contributed by atoms with E-state index < -0.39 is 5.82 Å². The Morgan fingerprint density at radius 2 is 1.81 bits per heavy atom. The topological polar surface area (TPSA) is 55.1 Å². The molecule has 5 heteroatoms. The van der Waals surface area contributed by atoms with Gasteiger partial charge >= 0.3 is 0 Å². The molecule has 0 aliphatic carbocycles. The fourth-order valence-electron chi connectivity index (χ4n) is 2.13. The van der Waals surface area contributed by atoms with Gasteiger partial charge in [0.2, 0.25) is 0 Å². The number of hydrogen-bond donors (Lipinski definition) is 2. The Morgan fingerprint density at radius 1 is 1.19 bits per heavy atom. The first-order valence-electron chi connectivity index (χ1n) is 6.37. The number of nitrogens with two attached hydrogens (primary N) is 1. The fraction of sp³-hybridized carbons (Fsp3) is 0.125. The lowest BCUT2D eigenvalue weighted by atomic mass is 10.0. The second-order valence-electron chi connectivity index (χ2n) is 4.78. The van der Waals surface area contributed by atoms with Crippen LogP contribution in [0.25, 0.3) is 0 Å². The van der Waals surface area contributed by atoms with Crippen LogP contribution in [0.2, 0.25) is 0 Å². The summed E-state index contributed by atoms with van der Waals surface area (Å²) in [4.78, 5) is 12.4. The average Bonchev–Trinajstić information content (AvgIpc) is 2.40. The van der Waals surface area contributed by atoms with Gasteiger partial charge in [-0.25, -0.2) is 4.39 Å². The number of halogens is 1. The van der Waals surface area contributed by atoms with Crippen molar-refractivity contribution in [2.24, 2.45) is 5.73 Å². The molecule has 2 aromatic carbocycles. The highest BCUT2D eigenvalue weighted by atomic mass is 32.1. The molecule has 108 valence electrons. The number of anilines is 1. The van der Waals surface area contributed by atoms with Crippen LogP contribution < -0.4 is 11.1 Å². The summed E-state index contributed by atoms with van der Waals surface area (Å²) in [5.41, 5.74) is 8.20. The number of amides is 1. The first-order valence-corrected chi connectivity index (χ1v) is 6.78. The predicted octanol–water partition coefficient (Wildman–Crippen LogP) is 3.33. The van der Waals surface area contributed by atoms with Gasteiger partial charge in [-0.3, -0.25) is 4.79 Å². The van der Waals surface area contributed by atoms with Gasteiger partial charge in [-0.1, -0.05) is 30.4 Å². The molecule has 0 aromatic heterocycles. The van der Waals surface area contributed by atoms with Crippen molar-refractivity contribution >= 4 is 28.8 Å². The van der Waals surface area contributed by atoms with E-state index in [1.807, 2.05) is 32.0 Å². The van der Waals surface area contributed by atoms with Crippen LogP contribution in [0, 0.1) is 19.7 Å². The first kappa shape index (κ1) is 15.1. The number of nitrogens with one attached hydrogen (secondary N) is 1. The Labute approximate surface area is 128 Å². The molecule has 0 radical (unpaired) electrons. The summed E-state index contributed by atoms with van der Waals surface area (Å²) in [6.45, 7) is 3.68. The largest absolute Gasteiger partial charge is 0.389 e. The van der Waals surface area contributed by atoms with Crippen LogP contribution in [-0.2, 0) is 0 Å². The number of thiocarbonyl (C=S) groups is 1. The third kappa shape index (κ3) is 3.25. The highest BCUT2D eigenvalue weighted by molar-refractivity contribution is 7.80. The molecule has 0 bridgehead atoms. The minimum Gasteiger partial charge on any atom is -0.389 e. The summed E-state index contributed by atoms with van der Waals surface area (Å²) in [6.07, 6.45) is 0. The molecule has 21 heavy (non-hydrogen) atoms. The van der Waals surface area contributed by atoms with E-state index in [1.165, 1.54) is 12.1 Å². The Morgan fingerprint density at radius 3 is 2.33 bits per heavy atom. The minimum atomic E-state index is -0.570. The van der Waals surface area contributed by atoms with Crippen LogP contribution in [0.4, 0.5) is 10.1 Å². The van der Waals surface area contributed by atoms with Crippen molar-refractivity contribution in [2.45, 2.75) is 13.8 Å². The van der Waals surface area contributed by atoms with Crippen molar-refractivity contribution in [2.75, 3.05) is 5.32 Å². The zero-order valence-corrected chi connectivity index (χ0v) is 12.6. The number of benzene rings is 2. The summed E-state index contributed by atoms with van der Waals surface area (Å²) in [5, 5.41) is 2.58. The van der Waals surface area contributed by atoms with Crippen LogP contribution in [0.1, 0.15) is 27.0 Å². The average molecular weight is 302 g/mol. The molecule has 0 spiro atoms. The van der Waals surface area contributed by atoms with E-state index in [2.05, 4.69) is 5.32 Å². The minimum absolute atomic E-state index is 0.0997. The molecule has 0 saturated heterocycles. The molecule has 0 fully saturated rings. The molecular formula is C16H15FN2OS. The third-order valence-corrected chi connectivity index (χ3v) is 3.45. The molecule has 3 N–H and O–H groups in total. The van der Waals surface area contributed by atoms with Crippen molar-refractivity contribution in [3.8, 4) is 0 Å². The van der Waals surface area contributed by atoms with Gasteiger partial charge in [0.15, 0.2) is 0 Å². The molecule has 0 atom stereocenters. The van der Waals surface area contributed by atoms with Gasteiger partial charge in [0.1, 0.15) is 10.8 Å². The Hall–Kier alpha value is -2.27. The zero-order valence-electron chi connectivity index (χ0n) is 11.7. The van der Waals surface area contributed by atoms with Crippen molar-refractivity contribution in [3.63, 3.8) is 0 Å². The number of rotatable bonds is 3. The van der Waals surface area contributed by atoms with E-state index in [9.17, 15) is 9.18 Å². The van der Waals surface area contributed by atoms with Crippen molar-refractivity contribution in [1.29, 1.82) is 0 Å². The first-order chi connectivity index (χ1) is 9.90. The number of aryl methyl sites for hydroxylation is 2. The lowest BCUT2D eigenvalue weighted by molar-refractivity contribution is 0.102. The maximum atomic E-state index is 14.0. The van der Waals surface area contributed by atoms with Gasteiger partial charge in [-0.2, -0.15) is 0 Å². The van der Waals surface area contributed by atoms with Crippen LogP contribution in [0.15, 0.2) is 36.4 Å². The Bertz CT molecular complexity index is 708. The summed E-state index contributed by atoms with van der Waals surface area (Å²) in [5.74, 6) is -0.910. The smallest absolute Gasteiger partial charge is 0.256 e. The van der Waals surface area contributed by atoms with Crippen molar-refractivity contribution < 1.29 is 9.18 Å². The van der Waals surface area contributed by atoms with Crippen LogP contribution in [-0.4, -0.2) is 10.9 Å². The monoisotopic (exact) mass is 302 g/mol. The molecule has 0 unspecified atom stereocenters. The third-order valence-electron chi connectivity index (χ3n) is 3.21. The predicted molar refractivity (Wildman–Crippen MR) is 86.2 cm³/mol. The van der Waals surface area contributed by atoms with E-state index in [0.29, 0.717) is 11.1 Å². The summed E-state index contributed by atoms with van der Waals surface area (Å²) in [6, 6.07) is 9.80. The molecule has 0 saturated carbocycles. The molecule has 0 heterocycles. The Balaban J connectivity index is 2.30. The van der Waals surface area contributed by atoms with Crippen molar-refractivity contribution in [3.05, 3.63) is 64.5 Å². The van der Waals surface area contributed by atoms with E-state index in [1.54, 1.807) is 6.07 Å². The van der Waals surface area contributed by atoms with Gasteiger partial charge in [-0.05, 0) is 43.2 Å². The standard InChI is InChI=1S/C16H15FN2OS/c1-9-4-3-5-10(2)14(9)16(20)19-13-7-6-11(15(18)21)8-12(13)17/h3-8H,1-2H3,(H2,18,21)(H,19,20). The summed E-state index contributed by atoms with van der Waals surface area (Å²) < 4.78 is 14.0. The second-order valence-corrected chi connectivity index (χ2v) is 5.22. The van der Waals surface area contributed by atoms with E-state index >= 15 is 0 Å². The van der Waals surface area contributed by atoms with Crippen LogP contribution >= 0.6 is 12.2 Å². The lowest BCUT2D eigenvalue weighted by Crippen LogP contribution is -2.16. The van der Waals surface area contributed by atoms with Gasteiger partial charge in [0, 0.05) is 11.1 Å². The summed E-state index contributed by atoms with van der Waals surface area (Å²) >= 11 is 4.79. The quantitative estimate of drug-likeness (QED) is 0.855. The van der Waals surface area contributed by atoms with Crippen LogP contribution in [0.5, 0.6) is 0 Å². The fourth-order valence-corrected chi connectivity index (χ4v) is 2.25. The van der Waals surface area contributed by atoms with Gasteiger partial charge in [0.25, 0.3) is 5.91 Å². The lowest BCUT2D eigenvalue weighted by Gasteiger charge is -2.11. The van der Waals surface area contributed by atoms with Gasteiger partial charge < -0.3 is 11.1 Å². The molecule has 0 aliphatic heterocycles. The van der Waals surface area contributed by atoms with E-state index in [4.69, 9.17) is 18.0 Å². The normalized spacial score (nSPS) is 10.2. The molecule has 0 aliphatic rings. The molecule has 1 amide bonds. The van der Waals surface area contributed by atoms with Crippen LogP contribution in [0.3, 0.4) is 0 Å². The highest BCUT2D eigenvalue weighted by Gasteiger charge is 2.14.